The first-order chi connectivity index (χ1) is 13.5. The Labute approximate surface area is 160 Å². The fourth-order valence-electron chi connectivity index (χ4n) is 2.69. The maximum Gasteiger partial charge on any atom is 0.469 e. The third-order valence-electron chi connectivity index (χ3n) is 4.03. The second-order valence-electron chi connectivity index (χ2n) is 6.14. The number of H-pyrrole nitrogens is 2. The van der Waals surface area contributed by atoms with Gasteiger partial charge in [-0.05, 0) is 6.42 Å². The summed E-state index contributed by atoms with van der Waals surface area (Å²) in [6, 6.07) is 0. The van der Waals surface area contributed by atoms with Crippen LogP contribution in [-0.4, -0.2) is 80.8 Å². The van der Waals surface area contributed by atoms with Gasteiger partial charge in [-0.15, -0.1) is 0 Å². The molecule has 0 bridgehead atoms. The molecule has 0 fully saturated rings. The van der Waals surface area contributed by atoms with Crippen molar-refractivity contribution >= 4 is 19.0 Å². The van der Waals surface area contributed by atoms with Crippen molar-refractivity contribution in [2.24, 2.45) is 0 Å². The van der Waals surface area contributed by atoms with Crippen LogP contribution in [0.1, 0.15) is 6.42 Å². The van der Waals surface area contributed by atoms with E-state index in [1.165, 1.54) is 0 Å². The van der Waals surface area contributed by atoms with E-state index in [9.17, 15) is 34.3 Å². The number of imidazole rings is 1. The monoisotopic (exact) mass is 440 g/mol. The Kier molecular flexibility index (Phi) is 7.31. The SMILES string of the molecule is O=c1[nH]c(=O)c2c([nH]1)n(C[C@@H](O)[C@@H](O)[C@H](O)CO)c(=O)n2CCCOP(=O)(O)O. The summed E-state index contributed by atoms with van der Waals surface area (Å²) >= 11 is 0. The summed E-state index contributed by atoms with van der Waals surface area (Å²) in [5, 5.41) is 38.1. The van der Waals surface area contributed by atoms with Crippen LogP contribution < -0.4 is 16.9 Å². The summed E-state index contributed by atoms with van der Waals surface area (Å²) in [6.07, 6.45) is -5.34. The van der Waals surface area contributed by atoms with Crippen LogP contribution in [0.25, 0.3) is 11.2 Å². The quantitative estimate of drug-likeness (QED) is 0.130. The van der Waals surface area contributed by atoms with E-state index in [2.05, 4.69) is 9.51 Å². The second-order valence-corrected chi connectivity index (χ2v) is 7.37. The largest absolute Gasteiger partial charge is 0.469 e. The maximum absolute atomic E-state index is 12.7. The lowest BCUT2D eigenvalue weighted by Gasteiger charge is -2.21. The van der Waals surface area contributed by atoms with Gasteiger partial charge in [0.25, 0.3) is 5.56 Å². The lowest BCUT2D eigenvalue weighted by molar-refractivity contribution is -0.0806. The normalized spacial score (nSPS) is 15.5. The Hall–Kier alpha value is -2.10. The lowest BCUT2D eigenvalue weighted by atomic mass is 10.1. The van der Waals surface area contributed by atoms with Crippen molar-refractivity contribution in [1.82, 2.24) is 19.1 Å². The summed E-state index contributed by atoms with van der Waals surface area (Å²) in [5.74, 6) is 0. The smallest absolute Gasteiger partial charge is 0.394 e. The van der Waals surface area contributed by atoms with Gasteiger partial charge in [-0.2, -0.15) is 0 Å². The Morgan fingerprint density at radius 3 is 2.28 bits per heavy atom. The summed E-state index contributed by atoms with van der Waals surface area (Å²) < 4.78 is 16.7. The van der Waals surface area contributed by atoms with Gasteiger partial charge in [0.2, 0.25) is 0 Å². The van der Waals surface area contributed by atoms with Gasteiger partial charge in [-0.1, -0.05) is 0 Å². The molecule has 0 spiro atoms. The molecule has 0 aromatic carbocycles. The van der Waals surface area contributed by atoms with Crippen molar-refractivity contribution in [2.75, 3.05) is 13.2 Å². The van der Waals surface area contributed by atoms with Crippen molar-refractivity contribution in [2.45, 2.75) is 37.8 Å². The predicted molar refractivity (Wildman–Crippen MR) is 95.2 cm³/mol. The molecule has 2 heterocycles. The molecule has 15 nitrogen and oxygen atoms in total. The van der Waals surface area contributed by atoms with Crippen molar-refractivity contribution < 1.29 is 39.3 Å². The molecule has 0 radical (unpaired) electrons. The van der Waals surface area contributed by atoms with Crippen LogP contribution in [0.15, 0.2) is 14.4 Å². The number of rotatable bonds is 10. The number of phosphoric acid groups is 1. The minimum atomic E-state index is -4.71. The zero-order valence-corrected chi connectivity index (χ0v) is 15.7. The number of aromatic amines is 2. The standard InChI is InChI=1S/C13H21N4O11P/c18-5-7(20)9(21)6(19)4-17-10-8(11(22)15-12(23)14-10)16(13(17)24)2-1-3-28-29(25,26)27/h6-7,9,18-21H,1-5H2,(H2,25,26,27)(H2,14,15,22,23)/t6-,7-,9-/m1/s1. The van der Waals surface area contributed by atoms with Gasteiger partial charge >= 0.3 is 19.2 Å². The van der Waals surface area contributed by atoms with Crippen LogP contribution in [0.3, 0.4) is 0 Å². The Morgan fingerprint density at radius 1 is 1.03 bits per heavy atom. The number of hydrogen-bond acceptors (Lipinski definition) is 9. The molecule has 0 amide bonds. The number of hydrogen-bond donors (Lipinski definition) is 8. The molecule has 0 saturated carbocycles. The molecule has 29 heavy (non-hydrogen) atoms. The highest BCUT2D eigenvalue weighted by Crippen LogP contribution is 2.35. The molecular weight excluding hydrogens is 419 g/mol. The Morgan fingerprint density at radius 2 is 1.69 bits per heavy atom. The minimum absolute atomic E-state index is 0.0862. The summed E-state index contributed by atoms with van der Waals surface area (Å²) in [4.78, 5) is 58.0. The molecule has 3 atom stereocenters. The Bertz CT molecular complexity index is 1060. The molecule has 0 saturated heterocycles. The average molecular weight is 440 g/mol. The summed E-state index contributed by atoms with van der Waals surface area (Å²) in [5.41, 5.74) is -3.31. The predicted octanol–water partition coefficient (Wildman–Crippen LogP) is -4.25. The zero-order valence-electron chi connectivity index (χ0n) is 14.8. The van der Waals surface area contributed by atoms with Crippen molar-refractivity contribution in [1.29, 1.82) is 0 Å². The van der Waals surface area contributed by atoms with E-state index in [1.807, 2.05) is 4.98 Å². The highest BCUT2D eigenvalue weighted by molar-refractivity contribution is 7.46. The third-order valence-corrected chi connectivity index (χ3v) is 4.55. The van der Waals surface area contributed by atoms with Gasteiger partial charge in [0.15, 0.2) is 5.52 Å². The highest BCUT2D eigenvalue weighted by Gasteiger charge is 2.27. The van der Waals surface area contributed by atoms with Crippen LogP contribution in [0, 0.1) is 0 Å². The molecule has 0 aliphatic carbocycles. The molecule has 2 aromatic heterocycles. The van der Waals surface area contributed by atoms with E-state index in [4.69, 9.17) is 14.9 Å². The molecule has 0 aliphatic heterocycles. The topological polar surface area (TPSA) is 240 Å². The lowest BCUT2D eigenvalue weighted by Crippen LogP contribution is -2.43. The number of aryl methyl sites for hydroxylation is 1. The fourth-order valence-corrected chi connectivity index (χ4v) is 3.06. The van der Waals surface area contributed by atoms with Crippen molar-refractivity contribution in [3.63, 3.8) is 0 Å². The van der Waals surface area contributed by atoms with Gasteiger partial charge in [0.05, 0.1) is 19.8 Å². The van der Waals surface area contributed by atoms with Crippen LogP contribution in [0.5, 0.6) is 0 Å². The molecule has 0 aliphatic rings. The van der Waals surface area contributed by atoms with Gasteiger partial charge in [-0.25, -0.2) is 14.2 Å². The molecule has 0 unspecified atom stereocenters. The van der Waals surface area contributed by atoms with Gasteiger partial charge in [0.1, 0.15) is 24.0 Å². The van der Waals surface area contributed by atoms with Gasteiger partial charge in [-0.3, -0.25) is 28.4 Å². The van der Waals surface area contributed by atoms with E-state index in [-0.39, 0.29) is 24.1 Å². The van der Waals surface area contributed by atoms with Gasteiger partial charge in [0, 0.05) is 6.54 Å². The van der Waals surface area contributed by atoms with Crippen LogP contribution >= 0.6 is 7.82 Å². The number of aliphatic hydroxyl groups is 4. The number of fused-ring (bicyclic) bond motifs is 1. The van der Waals surface area contributed by atoms with Crippen LogP contribution in [0.4, 0.5) is 0 Å². The number of nitrogens with zero attached hydrogens (tertiary/aromatic N) is 2. The minimum Gasteiger partial charge on any atom is -0.394 e. The second kappa shape index (κ2) is 9.15. The highest BCUT2D eigenvalue weighted by atomic mass is 31.2. The molecule has 2 rings (SSSR count). The first-order valence-corrected chi connectivity index (χ1v) is 9.80. The number of aromatic nitrogens is 4. The van der Waals surface area contributed by atoms with E-state index in [1.54, 1.807) is 0 Å². The maximum atomic E-state index is 12.7. The molecule has 8 N–H and O–H groups in total. The fraction of sp³-hybridized carbons (Fsp3) is 0.615. The van der Waals surface area contributed by atoms with Crippen LogP contribution in [-0.2, 0) is 22.2 Å². The average Bonchev–Trinajstić information content (AvgIpc) is 2.88. The molecule has 16 heteroatoms. The first-order valence-electron chi connectivity index (χ1n) is 8.27. The zero-order chi connectivity index (χ0) is 21.9. The molecule has 2 aromatic rings. The number of phosphoric ester groups is 1. The molecule has 164 valence electrons. The summed E-state index contributed by atoms with van der Waals surface area (Å²) in [6.45, 7) is -2.16. The first kappa shape index (κ1) is 23.2. The summed E-state index contributed by atoms with van der Waals surface area (Å²) in [7, 11) is -4.71. The van der Waals surface area contributed by atoms with Gasteiger partial charge < -0.3 is 30.2 Å². The van der Waals surface area contributed by atoms with E-state index in [0.29, 0.717) is 0 Å². The van der Waals surface area contributed by atoms with Crippen LogP contribution in [0.2, 0.25) is 0 Å². The third kappa shape index (κ3) is 5.49. The van der Waals surface area contributed by atoms with Crippen molar-refractivity contribution in [3.8, 4) is 0 Å². The van der Waals surface area contributed by atoms with E-state index < -0.39 is 62.8 Å². The van der Waals surface area contributed by atoms with E-state index >= 15 is 0 Å². The number of nitrogens with one attached hydrogen (secondary N) is 2. The molecular formula is C13H21N4O11P. The number of aliphatic hydroxyl groups excluding tert-OH is 4. The van der Waals surface area contributed by atoms with Crippen molar-refractivity contribution in [3.05, 3.63) is 31.3 Å². The van der Waals surface area contributed by atoms with E-state index in [0.717, 1.165) is 9.13 Å². The Balaban J connectivity index is 2.42.